The van der Waals surface area contributed by atoms with Gasteiger partial charge in [0.1, 0.15) is 11.3 Å². The third-order valence-corrected chi connectivity index (χ3v) is 2.64. The third kappa shape index (κ3) is 1.90. The lowest BCUT2D eigenvalue weighted by molar-refractivity contribution is 0.0695. The summed E-state index contributed by atoms with van der Waals surface area (Å²) in [5.74, 6) is -0.603. The number of benzene rings is 2. The lowest BCUT2D eigenvalue weighted by Crippen LogP contribution is -1.98. The third-order valence-electron chi connectivity index (χ3n) is 2.16. The van der Waals surface area contributed by atoms with Gasteiger partial charge >= 0.3 is 5.97 Å². The van der Waals surface area contributed by atoms with Crippen LogP contribution in [-0.2, 0) is 0 Å². The first-order valence-corrected chi connectivity index (χ1v) is 5.15. The molecule has 0 unspecified atom stereocenters. The summed E-state index contributed by atoms with van der Waals surface area (Å²) in [5.41, 5.74) is 0.183. The van der Waals surface area contributed by atoms with Crippen LogP contribution in [0.2, 0.25) is 0 Å². The van der Waals surface area contributed by atoms with E-state index in [0.29, 0.717) is 5.75 Å². The quantitative estimate of drug-likeness (QED) is 0.866. The first kappa shape index (κ1) is 10.2. The van der Waals surface area contributed by atoms with Crippen LogP contribution in [0.3, 0.4) is 0 Å². The molecule has 0 aliphatic rings. The Hall–Kier alpha value is -1.30. The highest BCUT2D eigenvalue weighted by molar-refractivity contribution is 14.1. The van der Waals surface area contributed by atoms with Crippen molar-refractivity contribution >= 4 is 39.7 Å². The molecule has 0 bridgehead atoms. The van der Waals surface area contributed by atoms with E-state index in [2.05, 4.69) is 0 Å². The summed E-state index contributed by atoms with van der Waals surface area (Å²) >= 11 is 1.68. The van der Waals surface area contributed by atoms with Crippen LogP contribution in [0.15, 0.2) is 36.4 Å². The standard InChI is InChI=1S/C11H7IO3/c12-15-10-6-8-4-2-1-3-7(8)5-9(10)11(13)14/h1-6H,(H,13,14). The maximum Gasteiger partial charge on any atom is 0.339 e. The van der Waals surface area contributed by atoms with Crippen molar-refractivity contribution in [2.45, 2.75) is 0 Å². The first-order valence-electron chi connectivity index (χ1n) is 4.27. The number of hydrogen-bond donors (Lipinski definition) is 1. The van der Waals surface area contributed by atoms with Gasteiger partial charge in [-0.25, -0.2) is 4.79 Å². The second-order valence-corrected chi connectivity index (χ2v) is 3.52. The summed E-state index contributed by atoms with van der Waals surface area (Å²) < 4.78 is 5.00. The van der Waals surface area contributed by atoms with Gasteiger partial charge in [-0.2, -0.15) is 0 Å². The summed E-state index contributed by atoms with van der Waals surface area (Å²) in [6.45, 7) is 0. The van der Waals surface area contributed by atoms with Gasteiger partial charge < -0.3 is 8.17 Å². The van der Waals surface area contributed by atoms with Gasteiger partial charge in [0, 0.05) is 0 Å². The summed E-state index contributed by atoms with van der Waals surface area (Å²) in [5, 5.41) is 10.8. The molecule has 0 aromatic heterocycles. The van der Waals surface area contributed by atoms with Gasteiger partial charge in [0.05, 0.1) is 0 Å². The van der Waals surface area contributed by atoms with E-state index in [9.17, 15) is 4.79 Å². The van der Waals surface area contributed by atoms with Crippen LogP contribution in [0.1, 0.15) is 10.4 Å². The average molecular weight is 314 g/mol. The number of halogens is 1. The molecular weight excluding hydrogens is 307 g/mol. The highest BCUT2D eigenvalue weighted by atomic mass is 127. The van der Waals surface area contributed by atoms with Crippen LogP contribution in [0, 0.1) is 0 Å². The lowest BCUT2D eigenvalue weighted by Gasteiger charge is -2.05. The molecule has 0 saturated heterocycles. The maximum absolute atomic E-state index is 10.9. The van der Waals surface area contributed by atoms with Crippen molar-refractivity contribution in [2.24, 2.45) is 0 Å². The first-order chi connectivity index (χ1) is 7.22. The zero-order valence-electron chi connectivity index (χ0n) is 7.61. The van der Waals surface area contributed by atoms with Gasteiger partial charge in [-0.05, 0) is 22.9 Å². The monoisotopic (exact) mass is 314 g/mol. The molecule has 0 radical (unpaired) electrons. The van der Waals surface area contributed by atoms with Gasteiger partial charge in [0.25, 0.3) is 0 Å². The van der Waals surface area contributed by atoms with Crippen molar-refractivity contribution in [1.82, 2.24) is 0 Å². The summed E-state index contributed by atoms with van der Waals surface area (Å²) in [4.78, 5) is 10.9. The van der Waals surface area contributed by atoms with Crippen molar-refractivity contribution < 1.29 is 13.0 Å². The molecule has 1 N–H and O–H groups in total. The van der Waals surface area contributed by atoms with Gasteiger partial charge in [-0.3, -0.25) is 0 Å². The average Bonchev–Trinajstić information content (AvgIpc) is 2.27. The Labute approximate surface area is 100 Å². The molecule has 3 nitrogen and oxygen atoms in total. The van der Waals surface area contributed by atoms with Crippen molar-refractivity contribution in [2.75, 3.05) is 0 Å². The molecule has 15 heavy (non-hydrogen) atoms. The molecule has 0 aliphatic carbocycles. The van der Waals surface area contributed by atoms with Crippen LogP contribution in [-0.4, -0.2) is 11.1 Å². The Morgan fingerprint density at radius 1 is 1.20 bits per heavy atom. The summed E-state index contributed by atoms with van der Waals surface area (Å²) in [7, 11) is 0. The minimum Gasteiger partial charge on any atom is -0.478 e. The lowest BCUT2D eigenvalue weighted by atomic mass is 10.1. The normalized spacial score (nSPS) is 10.2. The Morgan fingerprint density at radius 3 is 2.33 bits per heavy atom. The molecule has 0 amide bonds. The van der Waals surface area contributed by atoms with E-state index in [-0.39, 0.29) is 5.56 Å². The Balaban J connectivity index is 2.74. The van der Waals surface area contributed by atoms with E-state index in [1.165, 1.54) is 0 Å². The van der Waals surface area contributed by atoms with Crippen molar-refractivity contribution in [1.29, 1.82) is 0 Å². The van der Waals surface area contributed by atoms with Gasteiger partial charge in [-0.1, -0.05) is 24.3 Å². The van der Waals surface area contributed by atoms with Crippen molar-refractivity contribution in [3.63, 3.8) is 0 Å². The fourth-order valence-electron chi connectivity index (χ4n) is 1.45. The summed E-state index contributed by atoms with van der Waals surface area (Å²) in [6.07, 6.45) is 0. The smallest absolute Gasteiger partial charge is 0.339 e. The van der Waals surface area contributed by atoms with E-state index in [4.69, 9.17) is 8.17 Å². The molecule has 0 fully saturated rings. The largest absolute Gasteiger partial charge is 0.478 e. The van der Waals surface area contributed by atoms with Crippen LogP contribution >= 0.6 is 23.0 Å². The highest BCUT2D eigenvalue weighted by Crippen LogP contribution is 2.27. The molecule has 0 saturated carbocycles. The van der Waals surface area contributed by atoms with Crippen LogP contribution < -0.4 is 3.07 Å². The predicted molar refractivity (Wildman–Crippen MR) is 65.6 cm³/mol. The van der Waals surface area contributed by atoms with E-state index >= 15 is 0 Å². The van der Waals surface area contributed by atoms with Crippen molar-refractivity contribution in [3.8, 4) is 5.75 Å². The molecule has 4 heteroatoms. The fraction of sp³-hybridized carbons (Fsp3) is 0. The van der Waals surface area contributed by atoms with Crippen LogP contribution in [0.4, 0.5) is 0 Å². The minimum atomic E-state index is -0.979. The molecule has 0 heterocycles. The molecule has 76 valence electrons. The topological polar surface area (TPSA) is 46.5 Å². The molecule has 2 aromatic rings. The maximum atomic E-state index is 10.9. The number of fused-ring (bicyclic) bond motifs is 1. The number of aromatic carboxylic acids is 1. The Kier molecular flexibility index (Phi) is 2.77. The zero-order valence-corrected chi connectivity index (χ0v) is 9.76. The second kappa shape index (κ2) is 4.06. The van der Waals surface area contributed by atoms with Crippen LogP contribution in [0.25, 0.3) is 10.8 Å². The molecular formula is C11H7IO3. The van der Waals surface area contributed by atoms with Gasteiger partial charge in [-0.15, -0.1) is 0 Å². The Morgan fingerprint density at radius 2 is 1.80 bits per heavy atom. The van der Waals surface area contributed by atoms with Gasteiger partial charge in [0.2, 0.25) is 0 Å². The number of hydrogen-bond acceptors (Lipinski definition) is 2. The van der Waals surface area contributed by atoms with E-state index in [0.717, 1.165) is 10.8 Å². The second-order valence-electron chi connectivity index (χ2n) is 3.08. The highest BCUT2D eigenvalue weighted by Gasteiger charge is 2.12. The van der Waals surface area contributed by atoms with E-state index in [1.54, 1.807) is 35.1 Å². The predicted octanol–water partition coefficient (Wildman–Crippen LogP) is 3.27. The molecule has 2 rings (SSSR count). The van der Waals surface area contributed by atoms with Crippen molar-refractivity contribution in [3.05, 3.63) is 42.0 Å². The zero-order chi connectivity index (χ0) is 10.8. The van der Waals surface area contributed by atoms with E-state index in [1.807, 2.05) is 24.3 Å². The molecule has 2 aromatic carbocycles. The van der Waals surface area contributed by atoms with Crippen LogP contribution in [0.5, 0.6) is 5.75 Å². The Bertz CT molecular complexity index is 522. The number of rotatable bonds is 2. The fourth-order valence-corrected chi connectivity index (χ4v) is 1.81. The number of carboxylic acid groups (broad SMARTS) is 1. The van der Waals surface area contributed by atoms with Gasteiger partial charge in [0.15, 0.2) is 23.0 Å². The van der Waals surface area contributed by atoms with E-state index < -0.39 is 5.97 Å². The SMILES string of the molecule is O=C(O)c1cc2ccccc2cc1OI. The molecule has 0 aliphatic heterocycles. The summed E-state index contributed by atoms with van der Waals surface area (Å²) in [6, 6.07) is 10.9. The number of carboxylic acids is 1. The molecule has 0 spiro atoms. The molecule has 0 atom stereocenters. The minimum absolute atomic E-state index is 0.183. The number of carbonyl (C=O) groups is 1.